The van der Waals surface area contributed by atoms with Gasteiger partial charge in [-0.05, 0) is 25.7 Å². The Hall–Kier alpha value is -0.570. The van der Waals surface area contributed by atoms with Crippen LogP contribution in [0.5, 0.6) is 0 Å². The van der Waals surface area contributed by atoms with Crippen LogP contribution < -0.4 is 5.32 Å². The van der Waals surface area contributed by atoms with Gasteiger partial charge in [-0.3, -0.25) is 4.79 Å². The number of fused-ring (bicyclic) bond motifs is 2. The Bertz CT molecular complexity index is 255. The van der Waals surface area contributed by atoms with E-state index in [1.165, 1.54) is 32.1 Å². The fourth-order valence-electron chi connectivity index (χ4n) is 3.03. The molecule has 2 unspecified atom stereocenters. The molecule has 2 bridgehead atoms. The molecule has 0 aromatic rings. The van der Waals surface area contributed by atoms with Crippen molar-refractivity contribution in [3.8, 4) is 0 Å². The molecule has 1 amide bonds. The van der Waals surface area contributed by atoms with Gasteiger partial charge in [-0.1, -0.05) is 26.2 Å². The second-order valence-corrected chi connectivity index (χ2v) is 5.58. The molecule has 2 saturated heterocycles. The predicted molar refractivity (Wildman–Crippen MR) is 69.9 cm³/mol. The highest BCUT2D eigenvalue weighted by Gasteiger charge is 2.30. The van der Waals surface area contributed by atoms with Crippen LogP contribution in [0.25, 0.3) is 0 Å². The van der Waals surface area contributed by atoms with Crippen molar-refractivity contribution in [2.24, 2.45) is 0 Å². The molecule has 3 nitrogen and oxygen atoms in total. The molecule has 98 valence electrons. The standard InChI is InChI=1S/C14H26N2O/c1-2-3-4-5-6-14(17)16-10-9-12-7-8-13(11-16)15-12/h12-13,15H,2-11H2,1H3. The van der Waals surface area contributed by atoms with Crippen LogP contribution in [0.1, 0.15) is 58.3 Å². The quantitative estimate of drug-likeness (QED) is 0.745. The first-order valence-corrected chi connectivity index (χ1v) is 7.33. The van der Waals surface area contributed by atoms with Crippen LogP contribution in [0.15, 0.2) is 0 Å². The molecule has 0 saturated carbocycles. The number of unbranched alkanes of at least 4 members (excludes halogenated alkanes) is 3. The summed E-state index contributed by atoms with van der Waals surface area (Å²) < 4.78 is 0. The normalized spacial score (nSPS) is 28.2. The molecule has 0 aromatic carbocycles. The highest BCUT2D eigenvalue weighted by molar-refractivity contribution is 5.76. The van der Waals surface area contributed by atoms with E-state index in [0.29, 0.717) is 18.0 Å². The molecule has 2 heterocycles. The van der Waals surface area contributed by atoms with E-state index in [-0.39, 0.29) is 0 Å². The minimum absolute atomic E-state index is 0.385. The summed E-state index contributed by atoms with van der Waals surface area (Å²) in [4.78, 5) is 14.2. The summed E-state index contributed by atoms with van der Waals surface area (Å²) in [6.45, 7) is 4.13. The van der Waals surface area contributed by atoms with Gasteiger partial charge in [-0.15, -0.1) is 0 Å². The number of carbonyl (C=O) groups excluding carboxylic acids is 1. The SMILES string of the molecule is CCCCCCC(=O)N1CCC2CCC(C1)N2. The monoisotopic (exact) mass is 238 g/mol. The Morgan fingerprint density at radius 2 is 2.00 bits per heavy atom. The Morgan fingerprint density at radius 3 is 2.82 bits per heavy atom. The Labute approximate surface area is 105 Å². The molecule has 2 fully saturated rings. The lowest BCUT2D eigenvalue weighted by Crippen LogP contribution is -2.38. The molecule has 2 aliphatic rings. The number of amides is 1. The minimum Gasteiger partial charge on any atom is -0.341 e. The number of rotatable bonds is 5. The van der Waals surface area contributed by atoms with Gasteiger partial charge < -0.3 is 10.2 Å². The molecule has 17 heavy (non-hydrogen) atoms. The van der Waals surface area contributed by atoms with Crippen LogP contribution in [-0.4, -0.2) is 36.0 Å². The number of carbonyl (C=O) groups is 1. The lowest BCUT2D eigenvalue weighted by molar-refractivity contribution is -0.131. The highest BCUT2D eigenvalue weighted by Crippen LogP contribution is 2.21. The topological polar surface area (TPSA) is 32.3 Å². The van der Waals surface area contributed by atoms with Crippen molar-refractivity contribution in [3.05, 3.63) is 0 Å². The van der Waals surface area contributed by atoms with E-state index in [1.807, 2.05) is 0 Å². The van der Waals surface area contributed by atoms with Crippen molar-refractivity contribution in [3.63, 3.8) is 0 Å². The number of nitrogens with zero attached hydrogens (tertiary/aromatic N) is 1. The molecule has 0 aromatic heterocycles. The fraction of sp³-hybridized carbons (Fsp3) is 0.929. The maximum atomic E-state index is 12.1. The van der Waals surface area contributed by atoms with Gasteiger partial charge in [0.05, 0.1) is 0 Å². The summed E-state index contributed by atoms with van der Waals surface area (Å²) in [6.07, 6.45) is 9.26. The van der Waals surface area contributed by atoms with Crippen molar-refractivity contribution < 1.29 is 4.79 Å². The van der Waals surface area contributed by atoms with E-state index in [0.717, 1.165) is 32.4 Å². The summed E-state index contributed by atoms with van der Waals surface area (Å²) >= 11 is 0. The van der Waals surface area contributed by atoms with Gasteiger partial charge >= 0.3 is 0 Å². The van der Waals surface area contributed by atoms with Gasteiger partial charge in [0.15, 0.2) is 0 Å². The van der Waals surface area contributed by atoms with Gasteiger partial charge in [-0.25, -0.2) is 0 Å². The maximum absolute atomic E-state index is 12.1. The van der Waals surface area contributed by atoms with Crippen LogP contribution in [0.3, 0.4) is 0 Å². The number of hydrogen-bond donors (Lipinski definition) is 1. The van der Waals surface area contributed by atoms with Crippen LogP contribution in [0.4, 0.5) is 0 Å². The third kappa shape index (κ3) is 3.70. The van der Waals surface area contributed by atoms with E-state index in [9.17, 15) is 4.79 Å². The van der Waals surface area contributed by atoms with Gasteiger partial charge in [0, 0.05) is 31.6 Å². The van der Waals surface area contributed by atoms with Gasteiger partial charge in [-0.2, -0.15) is 0 Å². The van der Waals surface area contributed by atoms with Crippen LogP contribution >= 0.6 is 0 Å². The lowest BCUT2D eigenvalue weighted by Gasteiger charge is -2.24. The van der Waals surface area contributed by atoms with Gasteiger partial charge in [0.2, 0.25) is 5.91 Å². The zero-order chi connectivity index (χ0) is 12.1. The molecule has 1 N–H and O–H groups in total. The van der Waals surface area contributed by atoms with Crippen molar-refractivity contribution >= 4 is 5.91 Å². The molecule has 0 aliphatic carbocycles. The number of hydrogen-bond acceptors (Lipinski definition) is 2. The summed E-state index contributed by atoms with van der Waals surface area (Å²) in [7, 11) is 0. The summed E-state index contributed by atoms with van der Waals surface area (Å²) in [5, 5.41) is 3.62. The molecular formula is C14H26N2O. The van der Waals surface area contributed by atoms with E-state index >= 15 is 0 Å². The second-order valence-electron chi connectivity index (χ2n) is 5.58. The van der Waals surface area contributed by atoms with E-state index in [2.05, 4.69) is 17.1 Å². The summed E-state index contributed by atoms with van der Waals surface area (Å²) in [5.74, 6) is 0.385. The maximum Gasteiger partial charge on any atom is 0.222 e. The average Bonchev–Trinajstić information content (AvgIpc) is 2.64. The number of nitrogens with one attached hydrogen (secondary N) is 1. The second kappa shape index (κ2) is 6.39. The molecule has 0 spiro atoms. The fourth-order valence-corrected chi connectivity index (χ4v) is 3.03. The molecule has 2 aliphatic heterocycles. The predicted octanol–water partition coefficient (Wildman–Crippen LogP) is 2.31. The Balaban J connectivity index is 1.71. The average molecular weight is 238 g/mol. The third-order valence-corrected chi connectivity index (χ3v) is 4.12. The Morgan fingerprint density at radius 1 is 1.18 bits per heavy atom. The first-order valence-electron chi connectivity index (χ1n) is 7.33. The van der Waals surface area contributed by atoms with Gasteiger partial charge in [0.25, 0.3) is 0 Å². The highest BCUT2D eigenvalue weighted by atomic mass is 16.2. The zero-order valence-electron chi connectivity index (χ0n) is 11.1. The van der Waals surface area contributed by atoms with Crippen LogP contribution in [0.2, 0.25) is 0 Å². The smallest absolute Gasteiger partial charge is 0.222 e. The largest absolute Gasteiger partial charge is 0.341 e. The molecular weight excluding hydrogens is 212 g/mol. The summed E-state index contributed by atoms with van der Waals surface area (Å²) in [6, 6.07) is 1.25. The van der Waals surface area contributed by atoms with E-state index in [4.69, 9.17) is 0 Å². The van der Waals surface area contributed by atoms with Crippen molar-refractivity contribution in [1.82, 2.24) is 10.2 Å². The van der Waals surface area contributed by atoms with Crippen molar-refractivity contribution in [2.75, 3.05) is 13.1 Å². The number of likely N-dealkylation sites (tertiary alicyclic amines) is 1. The first kappa shape index (κ1) is 12.9. The molecule has 2 rings (SSSR count). The van der Waals surface area contributed by atoms with Crippen molar-refractivity contribution in [1.29, 1.82) is 0 Å². The van der Waals surface area contributed by atoms with Crippen LogP contribution in [-0.2, 0) is 4.79 Å². The third-order valence-electron chi connectivity index (χ3n) is 4.12. The molecule has 2 atom stereocenters. The van der Waals surface area contributed by atoms with Crippen LogP contribution in [0, 0.1) is 0 Å². The summed E-state index contributed by atoms with van der Waals surface area (Å²) in [5.41, 5.74) is 0. The van der Waals surface area contributed by atoms with Gasteiger partial charge in [0.1, 0.15) is 0 Å². The molecule has 0 radical (unpaired) electrons. The lowest BCUT2D eigenvalue weighted by atomic mass is 10.1. The Kier molecular flexibility index (Phi) is 4.84. The zero-order valence-corrected chi connectivity index (χ0v) is 11.1. The minimum atomic E-state index is 0.385. The van der Waals surface area contributed by atoms with E-state index in [1.54, 1.807) is 0 Å². The van der Waals surface area contributed by atoms with E-state index < -0.39 is 0 Å². The van der Waals surface area contributed by atoms with Crippen molar-refractivity contribution in [2.45, 2.75) is 70.4 Å². The first-order chi connectivity index (χ1) is 8.29. The molecule has 3 heteroatoms.